The van der Waals surface area contributed by atoms with Gasteiger partial charge >= 0.3 is 5.97 Å². The van der Waals surface area contributed by atoms with Crippen molar-refractivity contribution in [2.24, 2.45) is 0 Å². The van der Waals surface area contributed by atoms with E-state index in [1.807, 2.05) is 0 Å². The Hall–Kier alpha value is -1.64. The van der Waals surface area contributed by atoms with E-state index < -0.39 is 11.8 Å². The monoisotopic (exact) mass is 180 g/mol. The lowest BCUT2D eigenvalue weighted by molar-refractivity contribution is 0.0696. The Balaban J connectivity index is 3.10. The largest absolute Gasteiger partial charge is 0.478 e. The zero-order valence-corrected chi connectivity index (χ0v) is 6.96. The highest BCUT2D eigenvalue weighted by molar-refractivity contribution is 5.87. The van der Waals surface area contributed by atoms with Crippen LogP contribution in [0, 0.1) is 5.82 Å². The van der Waals surface area contributed by atoms with Crippen molar-refractivity contribution in [2.75, 3.05) is 0 Å². The maximum absolute atomic E-state index is 13.0. The molecule has 3 heteroatoms. The standard InChI is InChI=1S/C10H9FO2/c1-2-3-7-6-8(10(12)13)4-5-9(7)11/h2,4-6H,1,3H2,(H,12,13). The second kappa shape index (κ2) is 3.85. The van der Waals surface area contributed by atoms with Crippen molar-refractivity contribution >= 4 is 5.97 Å². The van der Waals surface area contributed by atoms with Crippen LogP contribution in [0.1, 0.15) is 15.9 Å². The first kappa shape index (κ1) is 9.45. The van der Waals surface area contributed by atoms with E-state index in [1.165, 1.54) is 18.2 Å². The predicted molar refractivity (Wildman–Crippen MR) is 47.3 cm³/mol. The van der Waals surface area contributed by atoms with Gasteiger partial charge in [0, 0.05) is 0 Å². The molecule has 0 spiro atoms. The second-order valence-electron chi connectivity index (χ2n) is 2.60. The minimum Gasteiger partial charge on any atom is -0.478 e. The van der Waals surface area contributed by atoms with Gasteiger partial charge < -0.3 is 5.11 Å². The molecular formula is C10H9FO2. The van der Waals surface area contributed by atoms with Gasteiger partial charge in [0.2, 0.25) is 0 Å². The van der Waals surface area contributed by atoms with Crippen molar-refractivity contribution in [3.8, 4) is 0 Å². The Kier molecular flexibility index (Phi) is 2.80. The van der Waals surface area contributed by atoms with Crippen molar-refractivity contribution in [2.45, 2.75) is 6.42 Å². The fourth-order valence-corrected chi connectivity index (χ4v) is 1.02. The molecule has 68 valence electrons. The lowest BCUT2D eigenvalue weighted by Gasteiger charge is -2.00. The van der Waals surface area contributed by atoms with E-state index in [-0.39, 0.29) is 5.56 Å². The highest BCUT2D eigenvalue weighted by Crippen LogP contribution is 2.11. The van der Waals surface area contributed by atoms with Crippen molar-refractivity contribution in [3.63, 3.8) is 0 Å². The molecule has 0 fully saturated rings. The first-order chi connectivity index (χ1) is 6.15. The SMILES string of the molecule is C=CCc1cc(C(=O)O)ccc1F. The molecule has 1 rings (SSSR count). The highest BCUT2D eigenvalue weighted by atomic mass is 19.1. The summed E-state index contributed by atoms with van der Waals surface area (Å²) in [5.74, 6) is -1.45. The molecule has 0 heterocycles. The lowest BCUT2D eigenvalue weighted by atomic mass is 10.1. The van der Waals surface area contributed by atoms with Crippen LogP contribution in [-0.2, 0) is 6.42 Å². The number of allylic oxidation sites excluding steroid dienone is 1. The third-order valence-corrected chi connectivity index (χ3v) is 1.66. The maximum Gasteiger partial charge on any atom is 0.335 e. The molecule has 2 nitrogen and oxygen atoms in total. The first-order valence-electron chi connectivity index (χ1n) is 3.77. The molecule has 0 aliphatic rings. The van der Waals surface area contributed by atoms with Crippen LogP contribution in [0.3, 0.4) is 0 Å². The van der Waals surface area contributed by atoms with Crippen LogP contribution in [0.15, 0.2) is 30.9 Å². The zero-order chi connectivity index (χ0) is 9.84. The van der Waals surface area contributed by atoms with Gasteiger partial charge in [0.05, 0.1) is 5.56 Å². The summed E-state index contributed by atoms with van der Waals surface area (Å²) in [6.07, 6.45) is 1.87. The van der Waals surface area contributed by atoms with E-state index in [0.29, 0.717) is 12.0 Å². The van der Waals surface area contributed by atoms with Gasteiger partial charge in [-0.15, -0.1) is 6.58 Å². The topological polar surface area (TPSA) is 37.3 Å². The second-order valence-corrected chi connectivity index (χ2v) is 2.60. The molecular weight excluding hydrogens is 171 g/mol. The lowest BCUT2D eigenvalue weighted by Crippen LogP contribution is -1.99. The molecule has 1 aromatic rings. The summed E-state index contributed by atoms with van der Waals surface area (Å²) in [5, 5.41) is 8.62. The quantitative estimate of drug-likeness (QED) is 0.724. The summed E-state index contributed by atoms with van der Waals surface area (Å²) >= 11 is 0. The van der Waals surface area contributed by atoms with Crippen molar-refractivity contribution < 1.29 is 14.3 Å². The van der Waals surface area contributed by atoms with Crippen LogP contribution in [0.5, 0.6) is 0 Å². The molecule has 0 amide bonds. The van der Waals surface area contributed by atoms with Crippen molar-refractivity contribution in [1.29, 1.82) is 0 Å². The molecule has 0 saturated carbocycles. The number of benzene rings is 1. The molecule has 1 N–H and O–H groups in total. The third-order valence-electron chi connectivity index (χ3n) is 1.66. The minimum absolute atomic E-state index is 0.0956. The van der Waals surface area contributed by atoms with Gasteiger partial charge in [-0.1, -0.05) is 6.08 Å². The normalized spacial score (nSPS) is 9.62. The summed E-state index contributed by atoms with van der Waals surface area (Å²) in [5.41, 5.74) is 0.452. The number of carboxylic acid groups (broad SMARTS) is 1. The molecule has 0 radical (unpaired) electrons. The molecule has 0 aliphatic heterocycles. The maximum atomic E-state index is 13.0. The van der Waals surface area contributed by atoms with E-state index in [9.17, 15) is 9.18 Å². The summed E-state index contributed by atoms with van der Waals surface area (Å²) in [7, 11) is 0. The highest BCUT2D eigenvalue weighted by Gasteiger charge is 2.06. The molecule has 0 bridgehead atoms. The van der Waals surface area contributed by atoms with Gasteiger partial charge in [-0.05, 0) is 30.2 Å². The number of rotatable bonds is 3. The van der Waals surface area contributed by atoms with Crippen molar-refractivity contribution in [1.82, 2.24) is 0 Å². The minimum atomic E-state index is -1.05. The van der Waals surface area contributed by atoms with Crippen LogP contribution < -0.4 is 0 Å². The fourth-order valence-electron chi connectivity index (χ4n) is 1.02. The van der Waals surface area contributed by atoms with Crippen LogP contribution in [0.4, 0.5) is 4.39 Å². The van der Waals surface area contributed by atoms with Gasteiger partial charge in [0.25, 0.3) is 0 Å². The average molecular weight is 180 g/mol. The van der Waals surface area contributed by atoms with Crippen LogP contribution in [0.2, 0.25) is 0 Å². The molecule has 0 atom stereocenters. The van der Waals surface area contributed by atoms with Gasteiger partial charge in [-0.3, -0.25) is 0 Å². The summed E-state index contributed by atoms with van der Waals surface area (Å²) in [4.78, 5) is 10.5. The summed E-state index contributed by atoms with van der Waals surface area (Å²) in [6, 6.07) is 3.71. The first-order valence-corrected chi connectivity index (χ1v) is 3.77. The van der Waals surface area contributed by atoms with Crippen molar-refractivity contribution in [3.05, 3.63) is 47.8 Å². The Morgan fingerprint density at radius 3 is 2.85 bits per heavy atom. The molecule has 13 heavy (non-hydrogen) atoms. The van der Waals surface area contributed by atoms with Gasteiger partial charge in [-0.2, -0.15) is 0 Å². The van der Waals surface area contributed by atoms with Crippen LogP contribution in [0.25, 0.3) is 0 Å². The fraction of sp³-hybridized carbons (Fsp3) is 0.100. The predicted octanol–water partition coefficient (Wildman–Crippen LogP) is 2.25. The number of aromatic carboxylic acids is 1. The van der Waals surface area contributed by atoms with E-state index in [4.69, 9.17) is 5.11 Å². The van der Waals surface area contributed by atoms with E-state index >= 15 is 0 Å². The number of halogens is 1. The summed E-state index contributed by atoms with van der Waals surface area (Å²) < 4.78 is 13.0. The smallest absolute Gasteiger partial charge is 0.335 e. The number of carbonyl (C=O) groups is 1. The molecule has 0 aromatic heterocycles. The number of hydrogen-bond acceptors (Lipinski definition) is 1. The third kappa shape index (κ3) is 2.15. The average Bonchev–Trinajstić information content (AvgIpc) is 2.08. The van der Waals surface area contributed by atoms with E-state index in [1.54, 1.807) is 0 Å². The molecule has 0 saturated heterocycles. The van der Waals surface area contributed by atoms with Crippen LogP contribution in [-0.4, -0.2) is 11.1 Å². The summed E-state index contributed by atoms with van der Waals surface area (Å²) in [6.45, 7) is 3.46. The zero-order valence-electron chi connectivity index (χ0n) is 6.96. The van der Waals surface area contributed by atoms with E-state index in [2.05, 4.69) is 6.58 Å². The molecule has 0 aliphatic carbocycles. The Morgan fingerprint density at radius 1 is 1.62 bits per heavy atom. The number of carboxylic acids is 1. The van der Waals surface area contributed by atoms with Gasteiger partial charge in [0.1, 0.15) is 5.82 Å². The number of hydrogen-bond donors (Lipinski definition) is 1. The van der Waals surface area contributed by atoms with Gasteiger partial charge in [0.15, 0.2) is 0 Å². The Morgan fingerprint density at radius 2 is 2.31 bits per heavy atom. The molecule has 0 unspecified atom stereocenters. The van der Waals surface area contributed by atoms with Crippen LogP contribution >= 0.6 is 0 Å². The molecule has 1 aromatic carbocycles. The van der Waals surface area contributed by atoms with Gasteiger partial charge in [-0.25, -0.2) is 9.18 Å². The Labute approximate surface area is 75.3 Å². The van der Waals surface area contributed by atoms with E-state index in [0.717, 1.165) is 6.07 Å². The Bertz CT molecular complexity index is 345.